The second kappa shape index (κ2) is 12.1. The highest BCUT2D eigenvalue weighted by Gasteiger charge is 2.36. The van der Waals surface area contributed by atoms with Crippen LogP contribution in [0.1, 0.15) is 30.9 Å². The molecular formula is C26H27BrClNO6. The van der Waals surface area contributed by atoms with E-state index in [-0.39, 0.29) is 13.2 Å². The highest BCUT2D eigenvalue weighted by Crippen LogP contribution is 2.44. The van der Waals surface area contributed by atoms with Crippen LogP contribution >= 0.6 is 27.5 Å². The minimum Gasteiger partial charge on any atom is -0.493 e. The van der Waals surface area contributed by atoms with E-state index in [1.165, 1.54) is 14.2 Å². The van der Waals surface area contributed by atoms with E-state index >= 15 is 0 Å². The Kier molecular flexibility index (Phi) is 9.23. The van der Waals surface area contributed by atoms with Gasteiger partial charge in [-0.1, -0.05) is 23.7 Å². The third-order valence-electron chi connectivity index (χ3n) is 5.32. The maximum absolute atomic E-state index is 13.1. The molecule has 0 amide bonds. The number of esters is 2. The summed E-state index contributed by atoms with van der Waals surface area (Å²) in [5.41, 5.74) is 2.18. The Balaban J connectivity index is 2.15. The lowest BCUT2D eigenvalue weighted by Crippen LogP contribution is -2.29. The van der Waals surface area contributed by atoms with Crippen LogP contribution in [0.25, 0.3) is 0 Å². The van der Waals surface area contributed by atoms with Crippen molar-refractivity contribution >= 4 is 39.5 Å². The van der Waals surface area contributed by atoms with Crippen molar-refractivity contribution in [2.45, 2.75) is 26.3 Å². The van der Waals surface area contributed by atoms with Gasteiger partial charge in [-0.3, -0.25) is 0 Å². The van der Waals surface area contributed by atoms with Crippen LogP contribution in [0.5, 0.6) is 11.5 Å². The number of hydrogen-bond donors (Lipinski definition) is 0. The molecule has 0 spiro atoms. The molecule has 2 aromatic rings. The van der Waals surface area contributed by atoms with Gasteiger partial charge < -0.3 is 23.8 Å². The number of hydrogen-bond acceptors (Lipinski definition) is 7. The molecule has 2 aromatic carbocycles. The van der Waals surface area contributed by atoms with Crippen molar-refractivity contribution in [1.82, 2.24) is 4.90 Å². The van der Waals surface area contributed by atoms with Crippen molar-refractivity contribution in [2.24, 2.45) is 0 Å². The van der Waals surface area contributed by atoms with Gasteiger partial charge in [-0.05, 0) is 65.2 Å². The van der Waals surface area contributed by atoms with Crippen LogP contribution in [0.2, 0.25) is 5.02 Å². The molecule has 9 heteroatoms. The van der Waals surface area contributed by atoms with E-state index in [0.29, 0.717) is 44.2 Å². The van der Waals surface area contributed by atoms with E-state index in [2.05, 4.69) is 15.9 Å². The van der Waals surface area contributed by atoms with Crippen LogP contribution < -0.4 is 9.47 Å². The van der Waals surface area contributed by atoms with E-state index in [1.807, 2.05) is 12.1 Å². The van der Waals surface area contributed by atoms with E-state index in [9.17, 15) is 9.59 Å². The summed E-state index contributed by atoms with van der Waals surface area (Å²) in [4.78, 5) is 28.0. The Labute approximate surface area is 218 Å². The third kappa shape index (κ3) is 6.18. The normalized spacial score (nSPS) is 13.6. The van der Waals surface area contributed by atoms with Crippen LogP contribution in [0.4, 0.5) is 0 Å². The first-order chi connectivity index (χ1) is 16.8. The summed E-state index contributed by atoms with van der Waals surface area (Å²) in [6.07, 6.45) is 3.40. The maximum Gasteiger partial charge on any atom is 0.336 e. The fourth-order valence-corrected chi connectivity index (χ4v) is 4.58. The summed E-state index contributed by atoms with van der Waals surface area (Å²) in [5, 5.41) is 0.622. The molecule has 0 saturated heterocycles. The second-order valence-corrected chi connectivity index (χ2v) is 8.87. The number of halogens is 2. The topological polar surface area (TPSA) is 74.3 Å². The summed E-state index contributed by atoms with van der Waals surface area (Å²) in [5.74, 6) is -0.851. The van der Waals surface area contributed by atoms with Gasteiger partial charge in [-0.15, -0.1) is 0 Å². The molecule has 0 N–H and O–H groups in total. The molecule has 0 saturated carbocycles. The quantitative estimate of drug-likeness (QED) is 0.366. The molecule has 1 aliphatic heterocycles. The van der Waals surface area contributed by atoms with Crippen molar-refractivity contribution in [1.29, 1.82) is 0 Å². The van der Waals surface area contributed by atoms with E-state index in [1.54, 1.807) is 55.4 Å². The van der Waals surface area contributed by atoms with Gasteiger partial charge in [0.05, 0.1) is 49.0 Å². The lowest BCUT2D eigenvalue weighted by Gasteiger charge is -2.31. The molecule has 0 aliphatic carbocycles. The minimum atomic E-state index is -0.745. The lowest BCUT2D eigenvalue weighted by molar-refractivity contribution is -0.139. The summed E-state index contributed by atoms with van der Waals surface area (Å²) in [6, 6.07) is 10.9. The van der Waals surface area contributed by atoms with Crippen LogP contribution in [0, 0.1) is 0 Å². The van der Waals surface area contributed by atoms with Crippen molar-refractivity contribution in [3.05, 3.63) is 80.6 Å². The van der Waals surface area contributed by atoms with Gasteiger partial charge in [-0.2, -0.15) is 0 Å². The first-order valence-electron chi connectivity index (χ1n) is 11.0. The average Bonchev–Trinajstić information content (AvgIpc) is 2.84. The van der Waals surface area contributed by atoms with Gasteiger partial charge in [0.1, 0.15) is 0 Å². The van der Waals surface area contributed by atoms with Gasteiger partial charge >= 0.3 is 11.9 Å². The summed E-state index contributed by atoms with van der Waals surface area (Å²) in [6.45, 7) is 4.25. The Morgan fingerprint density at radius 2 is 1.51 bits per heavy atom. The van der Waals surface area contributed by atoms with Crippen molar-refractivity contribution in [3.8, 4) is 11.5 Å². The third-order valence-corrected chi connectivity index (χ3v) is 6.16. The molecule has 3 rings (SSSR count). The van der Waals surface area contributed by atoms with Crippen molar-refractivity contribution in [3.63, 3.8) is 0 Å². The molecule has 0 fully saturated rings. The molecule has 186 valence electrons. The fourth-order valence-electron chi connectivity index (χ4n) is 3.84. The summed E-state index contributed by atoms with van der Waals surface area (Å²) >= 11 is 9.52. The fraction of sp³-hybridized carbons (Fsp3) is 0.308. The molecule has 0 bridgehead atoms. The molecule has 0 unspecified atom stereocenters. The minimum absolute atomic E-state index is 0.189. The van der Waals surface area contributed by atoms with Crippen molar-refractivity contribution in [2.75, 3.05) is 27.4 Å². The Morgan fingerprint density at radius 3 is 2.00 bits per heavy atom. The zero-order valence-electron chi connectivity index (χ0n) is 20.0. The largest absolute Gasteiger partial charge is 0.493 e. The first-order valence-corrected chi connectivity index (χ1v) is 12.2. The smallest absolute Gasteiger partial charge is 0.336 e. The van der Waals surface area contributed by atoms with Gasteiger partial charge in [0.15, 0.2) is 11.5 Å². The first kappa shape index (κ1) is 26.6. The van der Waals surface area contributed by atoms with Crippen LogP contribution in [0.15, 0.2) is 64.4 Å². The highest BCUT2D eigenvalue weighted by atomic mass is 79.9. The van der Waals surface area contributed by atoms with Crippen LogP contribution in [-0.2, 0) is 25.6 Å². The Hall–Kier alpha value is -2.97. The number of methoxy groups -OCH3 is 2. The molecule has 0 radical (unpaired) electrons. The molecule has 1 aliphatic rings. The van der Waals surface area contributed by atoms with Crippen LogP contribution in [-0.4, -0.2) is 44.3 Å². The number of carbonyl (C=O) groups excluding carboxylic acids is 2. The van der Waals surface area contributed by atoms with E-state index in [4.69, 9.17) is 30.5 Å². The second-order valence-electron chi connectivity index (χ2n) is 7.58. The van der Waals surface area contributed by atoms with Gasteiger partial charge in [-0.25, -0.2) is 9.59 Å². The molecule has 1 heterocycles. The molecular weight excluding hydrogens is 538 g/mol. The zero-order chi connectivity index (χ0) is 25.5. The average molecular weight is 565 g/mol. The van der Waals surface area contributed by atoms with Gasteiger partial charge in [0, 0.05) is 24.0 Å². The molecule has 35 heavy (non-hydrogen) atoms. The maximum atomic E-state index is 13.1. The molecule has 0 atom stereocenters. The Morgan fingerprint density at radius 1 is 0.943 bits per heavy atom. The summed E-state index contributed by atoms with van der Waals surface area (Å²) < 4.78 is 22.3. The van der Waals surface area contributed by atoms with E-state index in [0.717, 1.165) is 5.56 Å². The number of nitrogens with zero attached hydrogens (tertiary/aromatic N) is 1. The van der Waals surface area contributed by atoms with Gasteiger partial charge in [0.2, 0.25) is 0 Å². The molecule has 7 nitrogen and oxygen atoms in total. The van der Waals surface area contributed by atoms with Crippen molar-refractivity contribution < 1.29 is 28.5 Å². The lowest BCUT2D eigenvalue weighted by atomic mass is 9.83. The van der Waals surface area contributed by atoms with Crippen LogP contribution in [0.3, 0.4) is 0 Å². The van der Waals surface area contributed by atoms with E-state index < -0.39 is 17.9 Å². The number of benzene rings is 2. The van der Waals surface area contributed by atoms with Gasteiger partial charge in [0.25, 0.3) is 0 Å². The predicted molar refractivity (Wildman–Crippen MR) is 136 cm³/mol. The molecule has 0 aromatic heterocycles. The SMILES string of the molecule is CCOC(=O)C1=CN(Cc2ccc(Cl)cc2)C=C(C(=O)OCC)C1c1cc(Br)c(OC)c(OC)c1. The predicted octanol–water partition coefficient (Wildman–Crippen LogP) is 5.61. The number of ether oxygens (including phenoxy) is 4. The number of rotatable bonds is 9. The number of carbonyl (C=O) groups is 2. The standard InChI is InChI=1S/C26H27BrClNO6/c1-5-34-25(30)19-14-29(13-16-7-9-18(28)10-8-16)15-20(26(31)35-6-2)23(19)17-11-21(27)24(33-4)22(12-17)32-3/h7-12,14-15,23H,5-6,13H2,1-4H3. The summed E-state index contributed by atoms with van der Waals surface area (Å²) in [7, 11) is 3.05. The highest BCUT2D eigenvalue weighted by molar-refractivity contribution is 9.10. The monoisotopic (exact) mass is 563 g/mol. The Bertz CT molecular complexity index is 1110. The zero-order valence-corrected chi connectivity index (χ0v) is 22.3.